The molecular weight excluding hydrogens is 172 g/mol. The van der Waals surface area contributed by atoms with Gasteiger partial charge in [-0.15, -0.1) is 11.6 Å². The van der Waals surface area contributed by atoms with Crippen LogP contribution in [0.5, 0.6) is 5.75 Å². The molecule has 0 fully saturated rings. The van der Waals surface area contributed by atoms with Crippen molar-refractivity contribution >= 4 is 11.6 Å². The summed E-state index contributed by atoms with van der Waals surface area (Å²) in [6.07, 6.45) is 1.07. The molecule has 1 aromatic carbocycles. The van der Waals surface area contributed by atoms with E-state index in [-0.39, 0.29) is 0 Å². The SMILES string of the molecule is CCc1ccc(OCCCl)cc1. The van der Waals surface area contributed by atoms with Gasteiger partial charge in [0.05, 0.1) is 5.88 Å². The van der Waals surface area contributed by atoms with E-state index < -0.39 is 0 Å². The monoisotopic (exact) mass is 184 g/mol. The molecule has 0 saturated carbocycles. The third kappa shape index (κ3) is 2.74. The van der Waals surface area contributed by atoms with Crippen molar-refractivity contribution in [2.75, 3.05) is 12.5 Å². The van der Waals surface area contributed by atoms with E-state index in [1.165, 1.54) is 5.56 Å². The molecule has 12 heavy (non-hydrogen) atoms. The Balaban J connectivity index is 2.53. The Morgan fingerprint density at radius 2 is 1.92 bits per heavy atom. The average molecular weight is 185 g/mol. The van der Waals surface area contributed by atoms with Crippen LogP contribution in [-0.2, 0) is 6.42 Å². The topological polar surface area (TPSA) is 9.23 Å². The lowest BCUT2D eigenvalue weighted by molar-refractivity contribution is 0.342. The van der Waals surface area contributed by atoms with Gasteiger partial charge < -0.3 is 4.74 Å². The zero-order chi connectivity index (χ0) is 8.81. The summed E-state index contributed by atoms with van der Waals surface area (Å²) in [5.41, 5.74) is 1.33. The Morgan fingerprint density at radius 1 is 1.25 bits per heavy atom. The van der Waals surface area contributed by atoms with E-state index in [0.717, 1.165) is 12.2 Å². The summed E-state index contributed by atoms with van der Waals surface area (Å²) in [5, 5.41) is 0. The normalized spacial score (nSPS) is 9.83. The summed E-state index contributed by atoms with van der Waals surface area (Å²) in [4.78, 5) is 0. The largest absolute Gasteiger partial charge is 0.492 e. The van der Waals surface area contributed by atoms with E-state index in [4.69, 9.17) is 16.3 Å². The number of ether oxygens (including phenoxy) is 1. The molecule has 1 aromatic rings. The number of hydrogen-bond acceptors (Lipinski definition) is 1. The zero-order valence-electron chi connectivity index (χ0n) is 7.22. The van der Waals surface area contributed by atoms with E-state index >= 15 is 0 Å². The Bertz CT molecular complexity index is 218. The standard InChI is InChI=1S/C10H13ClO/c1-2-9-3-5-10(6-4-9)12-8-7-11/h3-6H,2,7-8H2,1H3. The van der Waals surface area contributed by atoms with Crippen LogP contribution in [0.4, 0.5) is 0 Å². The van der Waals surface area contributed by atoms with Gasteiger partial charge >= 0.3 is 0 Å². The summed E-state index contributed by atoms with van der Waals surface area (Å²) in [7, 11) is 0. The maximum atomic E-state index is 5.48. The number of benzene rings is 1. The van der Waals surface area contributed by atoms with Gasteiger partial charge in [-0.05, 0) is 24.1 Å². The van der Waals surface area contributed by atoms with Crippen LogP contribution >= 0.6 is 11.6 Å². The van der Waals surface area contributed by atoms with Gasteiger partial charge in [0.1, 0.15) is 12.4 Å². The van der Waals surface area contributed by atoms with Crippen LogP contribution in [0.2, 0.25) is 0 Å². The van der Waals surface area contributed by atoms with Crippen molar-refractivity contribution in [3.05, 3.63) is 29.8 Å². The summed E-state index contributed by atoms with van der Waals surface area (Å²) in [6, 6.07) is 8.10. The molecule has 0 aliphatic carbocycles. The second kappa shape index (κ2) is 5.04. The van der Waals surface area contributed by atoms with Crippen LogP contribution in [0.25, 0.3) is 0 Å². The fourth-order valence-corrected chi connectivity index (χ4v) is 1.05. The highest BCUT2D eigenvalue weighted by Crippen LogP contribution is 2.12. The van der Waals surface area contributed by atoms with Gasteiger partial charge in [0, 0.05) is 0 Å². The molecule has 0 bridgehead atoms. The molecule has 0 N–H and O–H groups in total. The predicted molar refractivity (Wildman–Crippen MR) is 52.0 cm³/mol. The molecule has 0 saturated heterocycles. The fourth-order valence-electron chi connectivity index (χ4n) is 0.978. The molecule has 0 aliphatic rings. The van der Waals surface area contributed by atoms with Gasteiger partial charge in [-0.2, -0.15) is 0 Å². The van der Waals surface area contributed by atoms with Crippen molar-refractivity contribution in [2.24, 2.45) is 0 Å². The Labute approximate surface area is 78.3 Å². The van der Waals surface area contributed by atoms with Crippen LogP contribution < -0.4 is 4.74 Å². The maximum absolute atomic E-state index is 5.48. The van der Waals surface area contributed by atoms with Gasteiger partial charge in [0.25, 0.3) is 0 Å². The molecule has 1 nitrogen and oxygen atoms in total. The van der Waals surface area contributed by atoms with Crippen molar-refractivity contribution < 1.29 is 4.74 Å². The predicted octanol–water partition coefficient (Wildman–Crippen LogP) is 2.87. The first-order valence-electron chi connectivity index (χ1n) is 4.14. The second-order valence-corrected chi connectivity index (χ2v) is 2.91. The van der Waals surface area contributed by atoms with Crippen molar-refractivity contribution in [2.45, 2.75) is 13.3 Å². The molecule has 0 atom stereocenters. The Hall–Kier alpha value is -0.690. The van der Waals surface area contributed by atoms with Gasteiger partial charge in [0.15, 0.2) is 0 Å². The van der Waals surface area contributed by atoms with E-state index in [1.54, 1.807) is 0 Å². The number of rotatable bonds is 4. The molecule has 0 unspecified atom stereocenters. The third-order valence-electron chi connectivity index (χ3n) is 1.68. The lowest BCUT2D eigenvalue weighted by atomic mass is 10.2. The fraction of sp³-hybridized carbons (Fsp3) is 0.400. The minimum atomic E-state index is 0.537. The van der Waals surface area contributed by atoms with Gasteiger partial charge in [-0.25, -0.2) is 0 Å². The summed E-state index contributed by atoms with van der Waals surface area (Å²) >= 11 is 5.48. The van der Waals surface area contributed by atoms with Crippen LogP contribution in [0, 0.1) is 0 Å². The molecular formula is C10H13ClO. The molecule has 2 heteroatoms. The van der Waals surface area contributed by atoms with Crippen molar-refractivity contribution in [1.29, 1.82) is 0 Å². The number of hydrogen-bond donors (Lipinski definition) is 0. The lowest BCUT2D eigenvalue weighted by Gasteiger charge is -2.03. The first kappa shape index (κ1) is 9.40. The molecule has 66 valence electrons. The number of halogens is 1. The minimum absolute atomic E-state index is 0.537. The maximum Gasteiger partial charge on any atom is 0.119 e. The summed E-state index contributed by atoms with van der Waals surface area (Å²) < 4.78 is 5.32. The van der Waals surface area contributed by atoms with Crippen molar-refractivity contribution in [3.63, 3.8) is 0 Å². The molecule has 1 rings (SSSR count). The number of aryl methyl sites for hydroxylation is 1. The highest BCUT2D eigenvalue weighted by molar-refractivity contribution is 6.17. The Morgan fingerprint density at radius 3 is 2.42 bits per heavy atom. The van der Waals surface area contributed by atoms with E-state index in [2.05, 4.69) is 19.1 Å². The van der Waals surface area contributed by atoms with E-state index in [0.29, 0.717) is 12.5 Å². The van der Waals surface area contributed by atoms with Crippen LogP contribution in [0.15, 0.2) is 24.3 Å². The molecule has 0 heterocycles. The van der Waals surface area contributed by atoms with Gasteiger partial charge in [-0.3, -0.25) is 0 Å². The van der Waals surface area contributed by atoms with Crippen molar-refractivity contribution in [3.8, 4) is 5.75 Å². The van der Waals surface area contributed by atoms with Gasteiger partial charge in [-0.1, -0.05) is 19.1 Å². The smallest absolute Gasteiger partial charge is 0.119 e. The van der Waals surface area contributed by atoms with Gasteiger partial charge in [0.2, 0.25) is 0 Å². The quantitative estimate of drug-likeness (QED) is 0.654. The molecule has 0 amide bonds. The highest BCUT2D eigenvalue weighted by Gasteiger charge is 1.92. The molecule has 0 aromatic heterocycles. The molecule has 0 aliphatic heterocycles. The molecule has 0 spiro atoms. The second-order valence-electron chi connectivity index (χ2n) is 2.53. The highest BCUT2D eigenvalue weighted by atomic mass is 35.5. The molecule has 0 radical (unpaired) electrons. The summed E-state index contributed by atoms with van der Waals surface area (Å²) in [6.45, 7) is 2.71. The van der Waals surface area contributed by atoms with Crippen molar-refractivity contribution in [1.82, 2.24) is 0 Å². The summed E-state index contributed by atoms with van der Waals surface area (Å²) in [5.74, 6) is 1.43. The van der Waals surface area contributed by atoms with Crippen LogP contribution in [-0.4, -0.2) is 12.5 Å². The van der Waals surface area contributed by atoms with E-state index in [1.807, 2.05) is 12.1 Å². The van der Waals surface area contributed by atoms with Crippen LogP contribution in [0.1, 0.15) is 12.5 Å². The Kier molecular flexibility index (Phi) is 3.95. The average Bonchev–Trinajstić information content (AvgIpc) is 2.15. The lowest BCUT2D eigenvalue weighted by Crippen LogP contribution is -1.97. The third-order valence-corrected chi connectivity index (χ3v) is 1.83. The zero-order valence-corrected chi connectivity index (χ0v) is 7.97. The van der Waals surface area contributed by atoms with Crippen LogP contribution in [0.3, 0.4) is 0 Å². The minimum Gasteiger partial charge on any atom is -0.492 e. The number of alkyl halides is 1. The first-order chi connectivity index (χ1) is 5.86. The van der Waals surface area contributed by atoms with E-state index in [9.17, 15) is 0 Å². The first-order valence-corrected chi connectivity index (χ1v) is 4.68.